The van der Waals surface area contributed by atoms with E-state index >= 15 is 0 Å². The van der Waals surface area contributed by atoms with Gasteiger partial charge in [-0.05, 0) is 39.1 Å². The van der Waals surface area contributed by atoms with Crippen molar-refractivity contribution in [3.05, 3.63) is 30.3 Å². The van der Waals surface area contributed by atoms with E-state index in [0.29, 0.717) is 31.0 Å². The van der Waals surface area contributed by atoms with Crippen LogP contribution in [0.4, 0.5) is 0 Å². The van der Waals surface area contributed by atoms with Crippen LogP contribution >= 0.6 is 0 Å². The number of nitrogens with zero attached hydrogens (tertiary/aromatic N) is 2. The third-order valence-corrected chi connectivity index (χ3v) is 6.04. The standard InChI is InChI=1S/C20H28N2O3/c1-21(2)12-16-17-13-22(14-20(17)10-8-18(16)25-20)19(23)9-11-24-15-6-4-3-5-7-15/h3-7,16-18H,8-14H2,1-2H3/t16-,17+,18+,20+/m0/s1. The average molecular weight is 344 g/mol. The molecule has 3 aliphatic rings. The Bertz CT molecular complexity index is 621. The zero-order chi connectivity index (χ0) is 17.4. The molecule has 1 aromatic rings. The highest BCUT2D eigenvalue weighted by Gasteiger charge is 2.63. The SMILES string of the molecule is CN(C)C[C@H]1[C@H]2CN(C(=O)CCOc3ccccc3)C[C@]23CC[C@H]1O3. The second-order valence-corrected chi connectivity index (χ2v) is 7.98. The molecule has 1 amide bonds. The summed E-state index contributed by atoms with van der Waals surface area (Å²) in [6.07, 6.45) is 3.08. The van der Waals surface area contributed by atoms with Crippen molar-refractivity contribution in [2.45, 2.75) is 31.0 Å². The van der Waals surface area contributed by atoms with Gasteiger partial charge in [0.05, 0.1) is 31.3 Å². The minimum atomic E-state index is -0.0682. The second kappa shape index (κ2) is 6.61. The summed E-state index contributed by atoms with van der Waals surface area (Å²) in [6, 6.07) is 9.68. The lowest BCUT2D eigenvalue weighted by molar-refractivity contribution is -0.132. The zero-order valence-corrected chi connectivity index (χ0v) is 15.2. The van der Waals surface area contributed by atoms with Crippen molar-refractivity contribution < 1.29 is 14.3 Å². The Morgan fingerprint density at radius 3 is 2.92 bits per heavy atom. The van der Waals surface area contributed by atoms with E-state index in [-0.39, 0.29) is 11.5 Å². The van der Waals surface area contributed by atoms with Gasteiger partial charge >= 0.3 is 0 Å². The van der Waals surface area contributed by atoms with Crippen molar-refractivity contribution in [1.29, 1.82) is 0 Å². The molecule has 25 heavy (non-hydrogen) atoms. The van der Waals surface area contributed by atoms with E-state index in [0.717, 1.165) is 38.2 Å². The number of carbonyl (C=O) groups is 1. The van der Waals surface area contributed by atoms with Crippen LogP contribution in [-0.4, -0.2) is 67.7 Å². The summed E-state index contributed by atoms with van der Waals surface area (Å²) in [6.45, 7) is 3.10. The molecule has 0 unspecified atom stereocenters. The molecule has 4 atom stereocenters. The predicted octanol–water partition coefficient (Wildman–Crippen LogP) is 2.02. The Morgan fingerprint density at radius 1 is 1.36 bits per heavy atom. The molecular weight excluding hydrogens is 316 g/mol. The summed E-state index contributed by atoms with van der Waals surface area (Å²) in [5.41, 5.74) is -0.0682. The van der Waals surface area contributed by atoms with Crippen LogP contribution in [-0.2, 0) is 9.53 Å². The highest BCUT2D eigenvalue weighted by atomic mass is 16.5. The minimum Gasteiger partial charge on any atom is -0.493 e. The Morgan fingerprint density at radius 2 is 2.16 bits per heavy atom. The van der Waals surface area contributed by atoms with Crippen LogP contribution in [0.2, 0.25) is 0 Å². The third-order valence-electron chi connectivity index (χ3n) is 6.04. The largest absolute Gasteiger partial charge is 0.493 e. The van der Waals surface area contributed by atoms with E-state index in [4.69, 9.17) is 9.47 Å². The number of hydrogen-bond donors (Lipinski definition) is 0. The molecule has 0 aromatic heterocycles. The lowest BCUT2D eigenvalue weighted by Crippen LogP contribution is -2.40. The van der Waals surface area contributed by atoms with Crippen molar-refractivity contribution in [2.24, 2.45) is 11.8 Å². The highest BCUT2D eigenvalue weighted by Crippen LogP contribution is 2.54. The van der Waals surface area contributed by atoms with Gasteiger partial charge < -0.3 is 19.3 Å². The molecule has 5 nitrogen and oxygen atoms in total. The van der Waals surface area contributed by atoms with Gasteiger partial charge in [-0.3, -0.25) is 4.79 Å². The molecule has 3 saturated heterocycles. The monoisotopic (exact) mass is 344 g/mol. The Hall–Kier alpha value is -1.59. The van der Waals surface area contributed by atoms with Gasteiger partial charge in [0.25, 0.3) is 0 Å². The summed E-state index contributed by atoms with van der Waals surface area (Å²) in [5.74, 6) is 2.06. The number of para-hydroxylation sites is 1. The molecule has 136 valence electrons. The lowest BCUT2D eigenvalue weighted by atomic mass is 9.73. The van der Waals surface area contributed by atoms with Crippen LogP contribution in [0.25, 0.3) is 0 Å². The first-order valence-electron chi connectivity index (χ1n) is 9.35. The van der Waals surface area contributed by atoms with Gasteiger partial charge in [0.1, 0.15) is 5.75 Å². The van der Waals surface area contributed by atoms with Gasteiger partial charge in [0.2, 0.25) is 5.91 Å². The van der Waals surface area contributed by atoms with E-state index in [1.807, 2.05) is 35.2 Å². The molecule has 4 rings (SSSR count). The van der Waals surface area contributed by atoms with Crippen molar-refractivity contribution in [3.63, 3.8) is 0 Å². The smallest absolute Gasteiger partial charge is 0.226 e. The summed E-state index contributed by atoms with van der Waals surface area (Å²) in [7, 11) is 4.24. The molecule has 3 fully saturated rings. The van der Waals surface area contributed by atoms with Crippen molar-refractivity contribution in [1.82, 2.24) is 9.80 Å². The van der Waals surface area contributed by atoms with Crippen LogP contribution in [0, 0.1) is 11.8 Å². The molecule has 0 N–H and O–H groups in total. The van der Waals surface area contributed by atoms with Crippen molar-refractivity contribution in [3.8, 4) is 5.75 Å². The van der Waals surface area contributed by atoms with Gasteiger partial charge in [0.15, 0.2) is 0 Å². The summed E-state index contributed by atoms with van der Waals surface area (Å²) in [4.78, 5) is 16.9. The van der Waals surface area contributed by atoms with Gasteiger partial charge in [-0.2, -0.15) is 0 Å². The Kier molecular flexibility index (Phi) is 4.46. The first kappa shape index (κ1) is 16.9. The molecule has 3 heterocycles. The Balaban J connectivity index is 1.33. The summed E-state index contributed by atoms with van der Waals surface area (Å²) in [5, 5.41) is 0. The maximum atomic E-state index is 12.6. The van der Waals surface area contributed by atoms with Crippen LogP contribution in [0.5, 0.6) is 5.75 Å². The van der Waals surface area contributed by atoms with Gasteiger partial charge in [-0.1, -0.05) is 18.2 Å². The maximum Gasteiger partial charge on any atom is 0.226 e. The van der Waals surface area contributed by atoms with Crippen LogP contribution in [0.3, 0.4) is 0 Å². The maximum absolute atomic E-state index is 12.6. The van der Waals surface area contributed by atoms with Gasteiger partial charge in [-0.25, -0.2) is 0 Å². The fourth-order valence-corrected chi connectivity index (χ4v) is 4.98. The van der Waals surface area contributed by atoms with Crippen LogP contribution in [0.1, 0.15) is 19.3 Å². The van der Waals surface area contributed by atoms with Gasteiger partial charge in [0, 0.05) is 24.9 Å². The molecule has 5 heteroatoms. The fraction of sp³-hybridized carbons (Fsp3) is 0.650. The number of likely N-dealkylation sites (tertiary alicyclic amines) is 1. The topological polar surface area (TPSA) is 42.0 Å². The number of benzene rings is 1. The van der Waals surface area contributed by atoms with E-state index < -0.39 is 0 Å². The highest BCUT2D eigenvalue weighted by molar-refractivity contribution is 5.77. The second-order valence-electron chi connectivity index (χ2n) is 7.98. The first-order valence-corrected chi connectivity index (χ1v) is 9.35. The molecule has 0 saturated carbocycles. The first-order chi connectivity index (χ1) is 12.1. The molecule has 2 bridgehead atoms. The van der Waals surface area contributed by atoms with E-state index in [1.165, 1.54) is 0 Å². The number of carbonyl (C=O) groups excluding carboxylic acids is 1. The number of amides is 1. The number of rotatable bonds is 6. The van der Waals surface area contributed by atoms with Crippen LogP contribution < -0.4 is 4.74 Å². The third kappa shape index (κ3) is 3.15. The predicted molar refractivity (Wildman–Crippen MR) is 95.5 cm³/mol. The van der Waals surface area contributed by atoms with Crippen LogP contribution in [0.15, 0.2) is 30.3 Å². The molecule has 0 aliphatic carbocycles. The van der Waals surface area contributed by atoms with Gasteiger partial charge in [-0.15, -0.1) is 0 Å². The van der Waals surface area contributed by atoms with E-state index in [2.05, 4.69) is 19.0 Å². The fourth-order valence-electron chi connectivity index (χ4n) is 4.98. The summed E-state index contributed by atoms with van der Waals surface area (Å²) < 4.78 is 12.1. The van der Waals surface area contributed by atoms with Crippen molar-refractivity contribution in [2.75, 3.05) is 40.3 Å². The molecule has 3 aliphatic heterocycles. The molecule has 0 radical (unpaired) electrons. The molecule has 1 aromatic carbocycles. The zero-order valence-electron chi connectivity index (χ0n) is 15.2. The quantitative estimate of drug-likeness (QED) is 0.792. The minimum absolute atomic E-state index is 0.0682. The summed E-state index contributed by atoms with van der Waals surface area (Å²) >= 11 is 0. The normalized spacial score (nSPS) is 33.1. The van der Waals surface area contributed by atoms with E-state index in [1.54, 1.807) is 0 Å². The van der Waals surface area contributed by atoms with E-state index in [9.17, 15) is 4.79 Å². The molecule has 1 spiro atoms. The number of hydrogen-bond acceptors (Lipinski definition) is 4. The lowest BCUT2D eigenvalue weighted by Gasteiger charge is -2.30. The van der Waals surface area contributed by atoms with Crippen molar-refractivity contribution >= 4 is 5.91 Å². The molecular formula is C20H28N2O3. The average Bonchev–Trinajstić information content (AvgIpc) is 3.25. The Labute approximate surface area is 149 Å². The number of fused-ring (bicyclic) bond motifs is 1. The number of ether oxygens (including phenoxy) is 2.